The third-order valence-corrected chi connectivity index (χ3v) is 3.85. The van der Waals surface area contributed by atoms with Crippen molar-refractivity contribution in [2.24, 2.45) is 0 Å². The highest BCUT2D eigenvalue weighted by Gasteiger charge is 2.07. The average molecular weight is 331 g/mol. The van der Waals surface area contributed by atoms with Gasteiger partial charge in [0.25, 0.3) is 5.91 Å². The quantitative estimate of drug-likeness (QED) is 0.670. The van der Waals surface area contributed by atoms with Crippen molar-refractivity contribution in [1.82, 2.24) is 0 Å². The Morgan fingerprint density at radius 3 is 1.80 bits per heavy atom. The Kier molecular flexibility index (Phi) is 4.85. The van der Waals surface area contributed by atoms with Gasteiger partial charge >= 0.3 is 0 Å². The Hall–Kier alpha value is -3.07. The SMILES string of the molecule is Cc1ccc(Oc2ccc(C(=O)Nc3cc(C)cc(C)c3)cc2)cc1. The molecule has 0 atom stereocenters. The van der Waals surface area contributed by atoms with E-state index in [-0.39, 0.29) is 5.91 Å². The van der Waals surface area contributed by atoms with Crippen molar-refractivity contribution in [2.75, 3.05) is 5.32 Å². The van der Waals surface area contributed by atoms with E-state index in [1.807, 2.05) is 57.2 Å². The molecule has 0 radical (unpaired) electrons. The Bertz CT molecular complexity index is 861. The molecule has 0 spiro atoms. The van der Waals surface area contributed by atoms with E-state index in [4.69, 9.17) is 4.74 Å². The van der Waals surface area contributed by atoms with Crippen molar-refractivity contribution < 1.29 is 9.53 Å². The maximum atomic E-state index is 12.4. The van der Waals surface area contributed by atoms with Crippen LogP contribution in [0.3, 0.4) is 0 Å². The molecule has 0 unspecified atom stereocenters. The first-order valence-corrected chi connectivity index (χ1v) is 8.24. The number of benzene rings is 3. The summed E-state index contributed by atoms with van der Waals surface area (Å²) >= 11 is 0. The van der Waals surface area contributed by atoms with E-state index in [0.717, 1.165) is 22.6 Å². The standard InChI is InChI=1S/C22H21NO2/c1-15-4-8-20(9-5-15)25-21-10-6-18(7-11-21)22(24)23-19-13-16(2)12-17(3)14-19/h4-14H,1-3H3,(H,23,24). The maximum absolute atomic E-state index is 12.4. The minimum atomic E-state index is -0.133. The fourth-order valence-corrected chi connectivity index (χ4v) is 2.67. The molecular weight excluding hydrogens is 310 g/mol. The second-order valence-corrected chi connectivity index (χ2v) is 6.27. The number of ether oxygens (including phenoxy) is 1. The van der Waals surface area contributed by atoms with Gasteiger partial charge in [-0.05, 0) is 80.4 Å². The van der Waals surface area contributed by atoms with Crippen LogP contribution in [0.4, 0.5) is 5.69 Å². The van der Waals surface area contributed by atoms with Crippen molar-refractivity contribution in [2.45, 2.75) is 20.8 Å². The van der Waals surface area contributed by atoms with E-state index < -0.39 is 0 Å². The molecule has 0 heterocycles. The van der Waals surface area contributed by atoms with Crippen LogP contribution in [-0.4, -0.2) is 5.91 Å². The smallest absolute Gasteiger partial charge is 0.255 e. The van der Waals surface area contributed by atoms with Gasteiger partial charge in [-0.3, -0.25) is 4.79 Å². The number of hydrogen-bond acceptors (Lipinski definition) is 2. The minimum absolute atomic E-state index is 0.133. The topological polar surface area (TPSA) is 38.3 Å². The van der Waals surface area contributed by atoms with Crippen molar-refractivity contribution >= 4 is 11.6 Å². The van der Waals surface area contributed by atoms with Crippen LogP contribution in [-0.2, 0) is 0 Å². The van der Waals surface area contributed by atoms with Gasteiger partial charge in [0, 0.05) is 11.3 Å². The number of aryl methyl sites for hydroxylation is 3. The van der Waals surface area contributed by atoms with E-state index in [9.17, 15) is 4.79 Å². The highest BCUT2D eigenvalue weighted by Crippen LogP contribution is 2.22. The highest BCUT2D eigenvalue weighted by atomic mass is 16.5. The largest absolute Gasteiger partial charge is 0.457 e. The van der Waals surface area contributed by atoms with Gasteiger partial charge in [-0.2, -0.15) is 0 Å². The first-order chi connectivity index (χ1) is 12.0. The Morgan fingerprint density at radius 1 is 0.720 bits per heavy atom. The molecular formula is C22H21NO2. The van der Waals surface area contributed by atoms with Crippen molar-refractivity contribution in [3.63, 3.8) is 0 Å². The molecule has 3 heteroatoms. The Labute approximate surface area is 148 Å². The molecule has 3 aromatic rings. The molecule has 0 aliphatic rings. The fourth-order valence-electron chi connectivity index (χ4n) is 2.67. The summed E-state index contributed by atoms with van der Waals surface area (Å²) in [5, 5.41) is 2.94. The number of carbonyl (C=O) groups is 1. The number of hydrogen-bond donors (Lipinski definition) is 1. The molecule has 0 aromatic heterocycles. The highest BCUT2D eigenvalue weighted by molar-refractivity contribution is 6.04. The first kappa shape index (κ1) is 16.8. The molecule has 25 heavy (non-hydrogen) atoms. The molecule has 0 saturated heterocycles. The van der Waals surface area contributed by atoms with Gasteiger partial charge < -0.3 is 10.1 Å². The summed E-state index contributed by atoms with van der Waals surface area (Å²) in [4.78, 5) is 12.4. The summed E-state index contributed by atoms with van der Waals surface area (Å²) in [5.74, 6) is 1.34. The fraction of sp³-hybridized carbons (Fsp3) is 0.136. The molecule has 0 fully saturated rings. The van der Waals surface area contributed by atoms with Crippen LogP contribution in [0.2, 0.25) is 0 Å². The lowest BCUT2D eigenvalue weighted by Gasteiger charge is -2.09. The predicted octanol–water partition coefficient (Wildman–Crippen LogP) is 5.66. The van der Waals surface area contributed by atoms with Gasteiger partial charge in [0.2, 0.25) is 0 Å². The third-order valence-electron chi connectivity index (χ3n) is 3.85. The predicted molar refractivity (Wildman–Crippen MR) is 102 cm³/mol. The van der Waals surface area contributed by atoms with Gasteiger partial charge in [-0.15, -0.1) is 0 Å². The Morgan fingerprint density at radius 2 is 1.24 bits per heavy atom. The zero-order valence-electron chi connectivity index (χ0n) is 14.7. The summed E-state index contributed by atoms with van der Waals surface area (Å²) in [6.07, 6.45) is 0. The first-order valence-electron chi connectivity index (χ1n) is 8.24. The number of nitrogens with one attached hydrogen (secondary N) is 1. The molecule has 0 aliphatic carbocycles. The van der Waals surface area contributed by atoms with Crippen molar-refractivity contribution in [1.29, 1.82) is 0 Å². The van der Waals surface area contributed by atoms with Gasteiger partial charge in [-0.1, -0.05) is 23.8 Å². The van der Waals surface area contributed by atoms with Crippen LogP contribution < -0.4 is 10.1 Å². The average Bonchev–Trinajstić information content (AvgIpc) is 2.56. The monoisotopic (exact) mass is 331 g/mol. The second-order valence-electron chi connectivity index (χ2n) is 6.27. The van der Waals surface area contributed by atoms with Crippen LogP contribution in [0.5, 0.6) is 11.5 Å². The van der Waals surface area contributed by atoms with Gasteiger partial charge in [0.1, 0.15) is 11.5 Å². The number of amides is 1. The van der Waals surface area contributed by atoms with E-state index in [1.165, 1.54) is 5.56 Å². The summed E-state index contributed by atoms with van der Waals surface area (Å²) in [6, 6.07) is 21.0. The molecule has 3 rings (SSSR count). The second kappa shape index (κ2) is 7.22. The molecule has 1 N–H and O–H groups in total. The third kappa shape index (κ3) is 4.48. The van der Waals surface area contributed by atoms with Crippen LogP contribution in [0.15, 0.2) is 66.7 Å². The lowest BCUT2D eigenvalue weighted by Crippen LogP contribution is -2.11. The van der Waals surface area contributed by atoms with E-state index >= 15 is 0 Å². The molecule has 0 saturated carbocycles. The van der Waals surface area contributed by atoms with Crippen LogP contribution in [0, 0.1) is 20.8 Å². The molecule has 3 nitrogen and oxygen atoms in total. The summed E-state index contributed by atoms with van der Waals surface area (Å²) in [7, 11) is 0. The van der Waals surface area contributed by atoms with Crippen molar-refractivity contribution in [3.8, 4) is 11.5 Å². The minimum Gasteiger partial charge on any atom is -0.457 e. The van der Waals surface area contributed by atoms with Crippen LogP contribution in [0.25, 0.3) is 0 Å². The normalized spacial score (nSPS) is 10.4. The van der Waals surface area contributed by atoms with E-state index in [2.05, 4.69) is 11.4 Å². The van der Waals surface area contributed by atoms with Gasteiger partial charge in [-0.25, -0.2) is 0 Å². The van der Waals surface area contributed by atoms with Gasteiger partial charge in [0.15, 0.2) is 0 Å². The molecule has 0 bridgehead atoms. The zero-order valence-corrected chi connectivity index (χ0v) is 14.7. The van der Waals surface area contributed by atoms with Crippen LogP contribution in [0.1, 0.15) is 27.0 Å². The number of anilines is 1. The summed E-state index contributed by atoms with van der Waals surface area (Å²) < 4.78 is 5.79. The molecule has 3 aromatic carbocycles. The lowest BCUT2D eigenvalue weighted by atomic mass is 10.1. The summed E-state index contributed by atoms with van der Waals surface area (Å²) in [6.45, 7) is 6.06. The van der Waals surface area contributed by atoms with Crippen LogP contribution >= 0.6 is 0 Å². The zero-order chi connectivity index (χ0) is 17.8. The lowest BCUT2D eigenvalue weighted by molar-refractivity contribution is 0.102. The molecule has 126 valence electrons. The number of carbonyl (C=O) groups excluding carboxylic acids is 1. The summed E-state index contributed by atoms with van der Waals surface area (Å²) in [5.41, 5.74) is 4.83. The number of rotatable bonds is 4. The van der Waals surface area contributed by atoms with E-state index in [0.29, 0.717) is 11.3 Å². The van der Waals surface area contributed by atoms with Gasteiger partial charge in [0.05, 0.1) is 0 Å². The Balaban J connectivity index is 1.68. The molecule has 0 aliphatic heterocycles. The maximum Gasteiger partial charge on any atom is 0.255 e. The molecule has 1 amide bonds. The van der Waals surface area contributed by atoms with E-state index in [1.54, 1.807) is 24.3 Å². The van der Waals surface area contributed by atoms with Crippen molar-refractivity contribution in [3.05, 3.63) is 89.0 Å².